The molecule has 8 heteroatoms. The van der Waals surface area contributed by atoms with Crippen molar-refractivity contribution in [3.8, 4) is 0 Å². The summed E-state index contributed by atoms with van der Waals surface area (Å²) in [5, 5.41) is 6.30. The summed E-state index contributed by atoms with van der Waals surface area (Å²) in [5.74, 6) is -0.771. The van der Waals surface area contributed by atoms with E-state index in [2.05, 4.69) is 4.90 Å². The second-order valence-corrected chi connectivity index (χ2v) is 8.44. The molecule has 1 atom stereocenters. The summed E-state index contributed by atoms with van der Waals surface area (Å²) in [6.07, 6.45) is 4.11. The van der Waals surface area contributed by atoms with Crippen molar-refractivity contribution in [2.75, 3.05) is 32.8 Å². The lowest BCUT2D eigenvalue weighted by Crippen LogP contribution is -2.48. The van der Waals surface area contributed by atoms with Gasteiger partial charge in [0.25, 0.3) is 5.91 Å². The molecule has 5 rings (SSSR count). The zero-order valence-electron chi connectivity index (χ0n) is 17.7. The number of hydrogen-bond acceptors (Lipinski definition) is 5. The number of piperidine rings is 1. The zero-order valence-corrected chi connectivity index (χ0v) is 17.7. The van der Waals surface area contributed by atoms with Gasteiger partial charge < -0.3 is 14.0 Å². The smallest absolute Gasteiger partial charge is 0.257 e. The number of aromatic nitrogens is 1. The van der Waals surface area contributed by atoms with E-state index in [9.17, 15) is 9.18 Å². The Kier molecular flexibility index (Phi) is 5.37. The molecule has 3 aliphatic rings. The summed E-state index contributed by atoms with van der Waals surface area (Å²) in [4.78, 5) is 15.5. The summed E-state index contributed by atoms with van der Waals surface area (Å²) in [5.41, 5.74) is 2.66. The molecule has 0 N–H and O–H groups in total. The Balaban J connectivity index is 1.33. The molecule has 2 saturated heterocycles. The van der Waals surface area contributed by atoms with Gasteiger partial charge in [-0.05, 0) is 29.8 Å². The maximum Gasteiger partial charge on any atom is 0.257 e. The second-order valence-electron chi connectivity index (χ2n) is 8.44. The molecule has 2 fully saturated rings. The van der Waals surface area contributed by atoms with Crippen molar-refractivity contribution in [2.24, 2.45) is 12.1 Å². The number of nitrogens with zero attached hydrogens (tertiary/aromatic N) is 4. The van der Waals surface area contributed by atoms with Gasteiger partial charge in [-0.2, -0.15) is 5.10 Å². The Hall–Kier alpha value is -2.55. The molecule has 3 aliphatic heterocycles. The SMILES string of the molecule is Cn1cccc1C1CC(c2ccc(F)cc2)=NN1C(=O)CN1CCC2(CC1)OCCO2. The van der Waals surface area contributed by atoms with Crippen LogP contribution in [0.5, 0.6) is 0 Å². The fourth-order valence-electron chi connectivity index (χ4n) is 4.71. The average molecular weight is 426 g/mol. The second kappa shape index (κ2) is 8.18. The predicted molar refractivity (Wildman–Crippen MR) is 113 cm³/mol. The van der Waals surface area contributed by atoms with Crippen molar-refractivity contribution in [1.29, 1.82) is 0 Å². The maximum atomic E-state index is 13.4. The van der Waals surface area contributed by atoms with E-state index in [1.807, 2.05) is 29.9 Å². The molecule has 31 heavy (non-hydrogen) atoms. The summed E-state index contributed by atoms with van der Waals surface area (Å²) in [7, 11) is 1.97. The standard InChI is InChI=1S/C23H27FN4O3/c1-26-10-2-3-20(26)21-15-19(17-4-6-18(24)7-5-17)25-28(21)22(29)16-27-11-8-23(9-12-27)30-13-14-31-23/h2-7,10,21H,8-9,11-16H2,1H3. The zero-order chi connectivity index (χ0) is 21.4. The van der Waals surface area contributed by atoms with Crippen molar-refractivity contribution >= 4 is 11.6 Å². The summed E-state index contributed by atoms with van der Waals surface area (Å²) in [6.45, 7) is 3.10. The number of aryl methyl sites for hydroxylation is 1. The van der Waals surface area contributed by atoms with Gasteiger partial charge in [-0.1, -0.05) is 12.1 Å². The Bertz CT molecular complexity index is 971. The topological polar surface area (TPSA) is 59.3 Å². The lowest BCUT2D eigenvalue weighted by atomic mass is 10.0. The largest absolute Gasteiger partial charge is 0.353 e. The molecule has 1 aromatic heterocycles. The highest BCUT2D eigenvalue weighted by Gasteiger charge is 2.41. The fraction of sp³-hybridized carbons (Fsp3) is 0.478. The third kappa shape index (κ3) is 4.03. The van der Waals surface area contributed by atoms with E-state index in [1.165, 1.54) is 12.1 Å². The molecule has 2 aromatic rings. The number of amides is 1. The van der Waals surface area contributed by atoms with Gasteiger partial charge in [-0.25, -0.2) is 9.40 Å². The predicted octanol–water partition coefficient (Wildman–Crippen LogP) is 2.68. The van der Waals surface area contributed by atoms with E-state index in [4.69, 9.17) is 14.6 Å². The average Bonchev–Trinajstić information content (AvgIpc) is 3.50. The minimum Gasteiger partial charge on any atom is -0.353 e. The normalized spacial score (nSPS) is 23.5. The Morgan fingerprint density at radius 2 is 1.87 bits per heavy atom. The van der Waals surface area contributed by atoms with E-state index in [1.54, 1.807) is 17.1 Å². The van der Waals surface area contributed by atoms with Crippen molar-refractivity contribution in [3.05, 3.63) is 59.7 Å². The van der Waals surface area contributed by atoms with Gasteiger partial charge in [-0.3, -0.25) is 9.69 Å². The van der Waals surface area contributed by atoms with Crippen molar-refractivity contribution in [2.45, 2.75) is 31.1 Å². The van der Waals surface area contributed by atoms with Gasteiger partial charge in [0.15, 0.2) is 5.79 Å². The van der Waals surface area contributed by atoms with Crippen LogP contribution in [0.15, 0.2) is 47.7 Å². The van der Waals surface area contributed by atoms with E-state index < -0.39 is 5.79 Å². The Morgan fingerprint density at radius 1 is 1.16 bits per heavy atom. The number of benzene rings is 1. The molecule has 1 unspecified atom stereocenters. The molecule has 0 bridgehead atoms. The van der Waals surface area contributed by atoms with Crippen LogP contribution in [0.3, 0.4) is 0 Å². The third-order valence-corrected chi connectivity index (χ3v) is 6.46. The van der Waals surface area contributed by atoms with Crippen LogP contribution >= 0.6 is 0 Å². The first-order valence-corrected chi connectivity index (χ1v) is 10.8. The van der Waals surface area contributed by atoms with Crippen molar-refractivity contribution in [3.63, 3.8) is 0 Å². The van der Waals surface area contributed by atoms with Gasteiger partial charge >= 0.3 is 0 Å². The lowest BCUT2D eigenvalue weighted by molar-refractivity contribution is -0.186. The van der Waals surface area contributed by atoms with Gasteiger partial charge in [0.05, 0.1) is 25.5 Å². The van der Waals surface area contributed by atoms with Crippen LogP contribution in [0.4, 0.5) is 4.39 Å². The van der Waals surface area contributed by atoms with Gasteiger partial charge in [-0.15, -0.1) is 0 Å². The summed E-state index contributed by atoms with van der Waals surface area (Å²) >= 11 is 0. The first-order valence-electron chi connectivity index (χ1n) is 10.8. The van der Waals surface area contributed by atoms with Gasteiger partial charge in [0.1, 0.15) is 11.9 Å². The maximum absolute atomic E-state index is 13.4. The highest BCUT2D eigenvalue weighted by molar-refractivity contribution is 6.03. The van der Waals surface area contributed by atoms with Crippen LogP contribution in [-0.2, 0) is 21.3 Å². The van der Waals surface area contributed by atoms with E-state index in [0.29, 0.717) is 26.2 Å². The van der Waals surface area contributed by atoms with E-state index in [0.717, 1.165) is 42.9 Å². The monoisotopic (exact) mass is 426 g/mol. The minimum atomic E-state index is -0.452. The molecule has 0 radical (unpaired) electrons. The van der Waals surface area contributed by atoms with Crippen LogP contribution < -0.4 is 0 Å². The van der Waals surface area contributed by atoms with Crippen LogP contribution in [0.25, 0.3) is 0 Å². The lowest BCUT2D eigenvalue weighted by Gasteiger charge is -2.37. The quantitative estimate of drug-likeness (QED) is 0.754. The Morgan fingerprint density at radius 3 is 2.52 bits per heavy atom. The fourth-order valence-corrected chi connectivity index (χ4v) is 4.71. The van der Waals surface area contributed by atoms with Crippen LogP contribution in [0.2, 0.25) is 0 Å². The molecule has 164 valence electrons. The number of rotatable bonds is 4. The number of likely N-dealkylation sites (tertiary alicyclic amines) is 1. The number of hydrazone groups is 1. The van der Waals surface area contributed by atoms with Gasteiger partial charge in [0.2, 0.25) is 0 Å². The number of halogens is 1. The number of hydrogen-bond donors (Lipinski definition) is 0. The molecule has 0 saturated carbocycles. The van der Waals surface area contributed by atoms with Gasteiger partial charge in [0, 0.05) is 51.3 Å². The van der Waals surface area contributed by atoms with Crippen LogP contribution in [0, 0.1) is 5.82 Å². The van der Waals surface area contributed by atoms with E-state index >= 15 is 0 Å². The Labute approximate surface area is 181 Å². The summed E-state index contributed by atoms with van der Waals surface area (Å²) < 4.78 is 27.0. The molecule has 1 amide bonds. The van der Waals surface area contributed by atoms with E-state index in [-0.39, 0.29) is 17.8 Å². The number of ether oxygens (including phenoxy) is 2. The first kappa shape index (κ1) is 20.4. The third-order valence-electron chi connectivity index (χ3n) is 6.46. The first-order chi connectivity index (χ1) is 15.0. The van der Waals surface area contributed by atoms with Crippen LogP contribution in [-0.4, -0.2) is 64.7 Å². The molecule has 0 aliphatic carbocycles. The van der Waals surface area contributed by atoms with Crippen molar-refractivity contribution in [1.82, 2.24) is 14.5 Å². The molecule has 1 aromatic carbocycles. The number of carbonyl (C=O) groups is 1. The molecular weight excluding hydrogens is 399 g/mol. The minimum absolute atomic E-state index is 0.0347. The summed E-state index contributed by atoms with van der Waals surface area (Å²) in [6, 6.07) is 10.1. The van der Waals surface area contributed by atoms with Crippen molar-refractivity contribution < 1.29 is 18.7 Å². The highest BCUT2D eigenvalue weighted by Crippen LogP contribution is 2.34. The molecule has 4 heterocycles. The number of carbonyl (C=O) groups excluding carboxylic acids is 1. The highest BCUT2D eigenvalue weighted by atomic mass is 19.1. The molecule has 1 spiro atoms. The molecule has 7 nitrogen and oxygen atoms in total. The molecular formula is C23H27FN4O3. The van der Waals surface area contributed by atoms with Crippen LogP contribution in [0.1, 0.15) is 36.6 Å².